The van der Waals surface area contributed by atoms with Crippen LogP contribution in [-0.4, -0.2) is 32.2 Å². The summed E-state index contributed by atoms with van der Waals surface area (Å²) in [7, 11) is 0. The largest absolute Gasteiger partial charge is 0.486 e. The summed E-state index contributed by atoms with van der Waals surface area (Å²) in [5.74, 6) is 1.41. The Balaban J connectivity index is 1.66. The van der Waals surface area contributed by atoms with Crippen LogP contribution < -0.4 is 19.7 Å². The van der Waals surface area contributed by atoms with Crippen LogP contribution in [0.4, 0.5) is 11.4 Å². The van der Waals surface area contributed by atoms with Gasteiger partial charge in [-0.15, -0.1) is 0 Å². The van der Waals surface area contributed by atoms with Crippen LogP contribution in [0.1, 0.15) is 25.0 Å². The van der Waals surface area contributed by atoms with E-state index >= 15 is 0 Å². The summed E-state index contributed by atoms with van der Waals surface area (Å²) in [6.45, 7) is 9.34. The predicted octanol–water partition coefficient (Wildman–Crippen LogP) is 3.79. The Bertz CT molecular complexity index is 785. The van der Waals surface area contributed by atoms with Crippen molar-refractivity contribution in [3.63, 3.8) is 0 Å². The number of carbonyl (C=O) groups excluding carboxylic acids is 1. The predicted molar refractivity (Wildman–Crippen MR) is 105 cm³/mol. The van der Waals surface area contributed by atoms with Crippen LogP contribution >= 0.6 is 0 Å². The fourth-order valence-electron chi connectivity index (χ4n) is 3.15. The van der Waals surface area contributed by atoms with E-state index in [0.717, 1.165) is 35.7 Å². The summed E-state index contributed by atoms with van der Waals surface area (Å²) in [5.41, 5.74) is 4.00. The minimum atomic E-state index is -0.0413. The maximum atomic E-state index is 12.4. The molecule has 5 heteroatoms. The van der Waals surface area contributed by atoms with Gasteiger partial charge in [0.1, 0.15) is 13.2 Å². The van der Waals surface area contributed by atoms with Gasteiger partial charge in [0.2, 0.25) is 5.91 Å². The van der Waals surface area contributed by atoms with Crippen molar-refractivity contribution in [2.75, 3.05) is 36.5 Å². The van der Waals surface area contributed by atoms with Gasteiger partial charge in [-0.25, -0.2) is 0 Å². The van der Waals surface area contributed by atoms with Gasteiger partial charge in [-0.3, -0.25) is 4.79 Å². The number of anilines is 2. The number of rotatable bonds is 6. The molecule has 1 amide bonds. The van der Waals surface area contributed by atoms with Gasteiger partial charge in [0, 0.05) is 24.5 Å². The Morgan fingerprint density at radius 2 is 1.77 bits per heavy atom. The molecule has 0 saturated carbocycles. The average molecular weight is 354 g/mol. The lowest BCUT2D eigenvalue weighted by Crippen LogP contribution is -2.22. The Hall–Kier alpha value is -2.69. The maximum absolute atomic E-state index is 12.4. The van der Waals surface area contributed by atoms with Crippen LogP contribution in [-0.2, 0) is 11.2 Å². The SMILES string of the molecule is CCN(CC)c1ccc(NC(=O)Cc2ccc3c(c2)OCCO3)c(C)c1. The highest BCUT2D eigenvalue weighted by atomic mass is 16.6. The van der Waals surface area contributed by atoms with E-state index in [-0.39, 0.29) is 5.91 Å². The van der Waals surface area contributed by atoms with E-state index in [1.807, 2.05) is 31.2 Å². The number of hydrogen-bond donors (Lipinski definition) is 1. The fourth-order valence-corrected chi connectivity index (χ4v) is 3.15. The zero-order valence-electron chi connectivity index (χ0n) is 15.7. The third-order valence-electron chi connectivity index (χ3n) is 4.58. The van der Waals surface area contributed by atoms with Crippen molar-refractivity contribution in [2.45, 2.75) is 27.2 Å². The highest BCUT2D eigenvalue weighted by molar-refractivity contribution is 5.93. The molecule has 5 nitrogen and oxygen atoms in total. The molecule has 2 aromatic rings. The van der Waals surface area contributed by atoms with Crippen LogP contribution in [0.15, 0.2) is 36.4 Å². The molecule has 1 aliphatic heterocycles. The van der Waals surface area contributed by atoms with Gasteiger partial charge in [-0.1, -0.05) is 6.07 Å². The lowest BCUT2D eigenvalue weighted by Gasteiger charge is -2.22. The second-order valence-corrected chi connectivity index (χ2v) is 6.37. The molecule has 0 radical (unpaired) electrons. The summed E-state index contributed by atoms with van der Waals surface area (Å²) >= 11 is 0. The quantitative estimate of drug-likeness (QED) is 0.857. The van der Waals surface area contributed by atoms with E-state index in [1.165, 1.54) is 5.69 Å². The molecular formula is C21H26N2O3. The summed E-state index contributed by atoms with van der Waals surface area (Å²) in [6, 6.07) is 11.8. The van der Waals surface area contributed by atoms with Crippen LogP contribution in [0.5, 0.6) is 11.5 Å². The smallest absolute Gasteiger partial charge is 0.228 e. The van der Waals surface area contributed by atoms with Gasteiger partial charge < -0.3 is 19.7 Å². The average Bonchev–Trinajstić information content (AvgIpc) is 2.65. The molecule has 3 rings (SSSR count). The monoisotopic (exact) mass is 354 g/mol. The van der Waals surface area contributed by atoms with Gasteiger partial charge in [0.15, 0.2) is 11.5 Å². The molecule has 1 aliphatic rings. The lowest BCUT2D eigenvalue weighted by atomic mass is 10.1. The Morgan fingerprint density at radius 3 is 2.46 bits per heavy atom. The van der Waals surface area contributed by atoms with Crippen molar-refractivity contribution < 1.29 is 14.3 Å². The molecular weight excluding hydrogens is 328 g/mol. The van der Waals surface area contributed by atoms with E-state index < -0.39 is 0 Å². The number of fused-ring (bicyclic) bond motifs is 1. The summed E-state index contributed by atoms with van der Waals surface area (Å²) in [6.07, 6.45) is 0.299. The first-order chi connectivity index (χ1) is 12.6. The van der Waals surface area contributed by atoms with Gasteiger partial charge >= 0.3 is 0 Å². The molecule has 0 saturated heterocycles. The highest BCUT2D eigenvalue weighted by Gasteiger charge is 2.14. The van der Waals surface area contributed by atoms with Gasteiger partial charge in [0.25, 0.3) is 0 Å². The van der Waals surface area contributed by atoms with E-state index in [1.54, 1.807) is 0 Å². The summed E-state index contributed by atoms with van der Waals surface area (Å²) < 4.78 is 11.1. The topological polar surface area (TPSA) is 50.8 Å². The first kappa shape index (κ1) is 18.1. The van der Waals surface area contributed by atoms with Crippen molar-refractivity contribution in [1.29, 1.82) is 0 Å². The lowest BCUT2D eigenvalue weighted by molar-refractivity contribution is -0.115. The third-order valence-corrected chi connectivity index (χ3v) is 4.58. The second kappa shape index (κ2) is 8.13. The molecule has 1 heterocycles. The maximum Gasteiger partial charge on any atom is 0.228 e. The second-order valence-electron chi connectivity index (χ2n) is 6.37. The molecule has 0 bridgehead atoms. The van der Waals surface area contributed by atoms with Gasteiger partial charge in [-0.05, 0) is 62.2 Å². The summed E-state index contributed by atoms with van der Waals surface area (Å²) in [4.78, 5) is 14.7. The fraction of sp³-hybridized carbons (Fsp3) is 0.381. The molecule has 0 fully saturated rings. The van der Waals surface area contributed by atoms with E-state index in [4.69, 9.17) is 9.47 Å². The Labute approximate surface area is 154 Å². The van der Waals surface area contributed by atoms with E-state index in [2.05, 4.69) is 36.2 Å². The molecule has 0 atom stereocenters. The number of amides is 1. The normalized spacial score (nSPS) is 12.6. The molecule has 138 valence electrons. The molecule has 2 aromatic carbocycles. The Morgan fingerprint density at radius 1 is 1.04 bits per heavy atom. The van der Waals surface area contributed by atoms with Gasteiger partial charge in [-0.2, -0.15) is 0 Å². The number of aryl methyl sites for hydroxylation is 1. The number of carbonyl (C=O) groups is 1. The van der Waals surface area contributed by atoms with Crippen molar-refractivity contribution >= 4 is 17.3 Å². The molecule has 0 spiro atoms. The highest BCUT2D eigenvalue weighted by Crippen LogP contribution is 2.31. The Kier molecular flexibility index (Phi) is 5.66. The van der Waals surface area contributed by atoms with Crippen molar-refractivity contribution in [2.24, 2.45) is 0 Å². The van der Waals surface area contributed by atoms with Crippen molar-refractivity contribution in [1.82, 2.24) is 0 Å². The first-order valence-corrected chi connectivity index (χ1v) is 9.14. The molecule has 0 unspecified atom stereocenters. The van der Waals surface area contributed by atoms with Crippen molar-refractivity contribution in [3.8, 4) is 11.5 Å². The van der Waals surface area contributed by atoms with Gasteiger partial charge in [0.05, 0.1) is 6.42 Å². The number of hydrogen-bond acceptors (Lipinski definition) is 4. The number of benzene rings is 2. The third kappa shape index (κ3) is 4.10. The minimum absolute atomic E-state index is 0.0413. The zero-order valence-corrected chi connectivity index (χ0v) is 15.7. The van der Waals surface area contributed by atoms with Crippen LogP contribution in [0.3, 0.4) is 0 Å². The zero-order chi connectivity index (χ0) is 18.5. The summed E-state index contributed by atoms with van der Waals surface area (Å²) in [5, 5.41) is 3.01. The van der Waals surface area contributed by atoms with Crippen LogP contribution in [0.25, 0.3) is 0 Å². The first-order valence-electron chi connectivity index (χ1n) is 9.14. The van der Waals surface area contributed by atoms with E-state index in [9.17, 15) is 4.79 Å². The standard InChI is InChI=1S/C21H26N2O3/c1-4-23(5-2)17-7-8-18(15(3)12-17)22-21(24)14-16-6-9-19-20(13-16)26-11-10-25-19/h6-9,12-13H,4-5,10-11,14H2,1-3H3,(H,22,24). The van der Waals surface area contributed by atoms with Crippen molar-refractivity contribution in [3.05, 3.63) is 47.5 Å². The molecule has 26 heavy (non-hydrogen) atoms. The number of nitrogens with one attached hydrogen (secondary N) is 1. The van der Waals surface area contributed by atoms with Crippen LogP contribution in [0.2, 0.25) is 0 Å². The minimum Gasteiger partial charge on any atom is -0.486 e. The van der Waals surface area contributed by atoms with Crippen LogP contribution in [0, 0.1) is 6.92 Å². The number of nitrogens with zero attached hydrogens (tertiary/aromatic N) is 1. The van der Waals surface area contributed by atoms with E-state index in [0.29, 0.717) is 25.4 Å². The molecule has 0 aromatic heterocycles. The number of ether oxygens (including phenoxy) is 2. The molecule has 1 N–H and O–H groups in total. The molecule has 0 aliphatic carbocycles.